The van der Waals surface area contributed by atoms with E-state index in [0.717, 1.165) is 16.3 Å². The predicted molar refractivity (Wildman–Crippen MR) is 133 cm³/mol. The van der Waals surface area contributed by atoms with Crippen LogP contribution in [0.3, 0.4) is 0 Å². The molecule has 4 rings (SSSR count). The fourth-order valence-corrected chi connectivity index (χ4v) is 3.75. The molecule has 0 saturated heterocycles. The molecule has 0 saturated carbocycles. The van der Waals surface area contributed by atoms with Crippen LogP contribution in [0.5, 0.6) is 5.75 Å². The van der Waals surface area contributed by atoms with Crippen LogP contribution in [0.1, 0.15) is 21.5 Å². The van der Waals surface area contributed by atoms with Gasteiger partial charge < -0.3 is 15.2 Å². The first kappa shape index (κ1) is 22.7. The Bertz CT molecular complexity index is 1350. The zero-order chi connectivity index (χ0) is 23.9. The van der Waals surface area contributed by atoms with Crippen LogP contribution in [0, 0.1) is 0 Å². The molecule has 4 aromatic rings. The average Bonchev–Trinajstić information content (AvgIpc) is 2.88. The third-order valence-corrected chi connectivity index (χ3v) is 5.50. The molecule has 6 heteroatoms. The monoisotopic (exact) mass is 452 g/mol. The van der Waals surface area contributed by atoms with Gasteiger partial charge in [0.2, 0.25) is 0 Å². The van der Waals surface area contributed by atoms with Gasteiger partial charge in [0.1, 0.15) is 11.8 Å². The van der Waals surface area contributed by atoms with E-state index in [0.29, 0.717) is 23.2 Å². The first-order chi connectivity index (χ1) is 16.6. The maximum absolute atomic E-state index is 13.1. The molecule has 0 radical (unpaired) electrons. The molecule has 0 aliphatic carbocycles. The molecule has 0 aliphatic heterocycles. The summed E-state index contributed by atoms with van der Waals surface area (Å²) in [5.41, 5.74) is 2.18. The maximum Gasteiger partial charge on any atom is 0.328 e. The summed E-state index contributed by atoms with van der Waals surface area (Å²) in [5.74, 6) is -0.877. The van der Waals surface area contributed by atoms with Crippen LogP contribution in [-0.2, 0) is 16.0 Å². The summed E-state index contributed by atoms with van der Waals surface area (Å²) in [5, 5.41) is 15.0. The summed E-state index contributed by atoms with van der Waals surface area (Å²) >= 11 is 0. The van der Waals surface area contributed by atoms with Crippen LogP contribution in [0.25, 0.3) is 10.8 Å². The fourth-order valence-electron chi connectivity index (χ4n) is 3.75. The molecule has 2 N–H and O–H groups in total. The number of nitrogens with zero attached hydrogens (tertiary/aromatic N) is 1. The van der Waals surface area contributed by atoms with Gasteiger partial charge in [-0.2, -0.15) is 0 Å². The van der Waals surface area contributed by atoms with Crippen LogP contribution in [0.15, 0.2) is 96.0 Å². The summed E-state index contributed by atoms with van der Waals surface area (Å²) in [6, 6.07) is 26.5. The number of para-hydroxylation sites is 1. The number of ether oxygens (including phenoxy) is 1. The highest BCUT2D eigenvalue weighted by Gasteiger charge is 2.23. The Labute approximate surface area is 197 Å². The lowest BCUT2D eigenvalue weighted by molar-refractivity contribution is -0.142. The van der Waals surface area contributed by atoms with Gasteiger partial charge in [-0.3, -0.25) is 9.79 Å². The predicted octanol–water partition coefficient (Wildman–Crippen LogP) is 4.81. The molecule has 0 aromatic heterocycles. The molecule has 170 valence electrons. The lowest BCUT2D eigenvalue weighted by atomic mass is 10.0. The van der Waals surface area contributed by atoms with Crippen LogP contribution in [-0.4, -0.2) is 36.3 Å². The molecular formula is C28H24N2O4. The second kappa shape index (κ2) is 10.4. The number of esters is 1. The van der Waals surface area contributed by atoms with Crippen LogP contribution in [0.2, 0.25) is 0 Å². The number of aromatic hydroxyl groups is 1. The number of carbonyl (C=O) groups excluding carboxylic acids is 2. The van der Waals surface area contributed by atoms with Gasteiger partial charge in [0, 0.05) is 18.2 Å². The number of benzene rings is 4. The molecule has 1 amide bonds. The number of phenolic OH excluding ortho intramolecular Hbond substituents is 1. The molecule has 4 aromatic carbocycles. The largest absolute Gasteiger partial charge is 0.507 e. The molecule has 0 aliphatic rings. The quantitative estimate of drug-likeness (QED) is 0.311. The number of hydrogen-bond donors (Lipinski definition) is 2. The van der Waals surface area contributed by atoms with Gasteiger partial charge in [0.15, 0.2) is 0 Å². The van der Waals surface area contributed by atoms with Crippen LogP contribution in [0.4, 0.5) is 5.69 Å². The van der Waals surface area contributed by atoms with Gasteiger partial charge in [0.05, 0.1) is 18.4 Å². The third kappa shape index (κ3) is 5.13. The Hall–Kier alpha value is -4.45. The number of aliphatic imine (C=N–C) groups is 1. The van der Waals surface area contributed by atoms with Crippen molar-refractivity contribution in [1.29, 1.82) is 0 Å². The van der Waals surface area contributed by atoms with Crippen molar-refractivity contribution in [2.75, 3.05) is 7.11 Å². The smallest absolute Gasteiger partial charge is 0.328 e. The first-order valence-corrected chi connectivity index (χ1v) is 10.8. The lowest BCUT2D eigenvalue weighted by Crippen LogP contribution is -2.43. The Morgan fingerprint density at radius 3 is 2.44 bits per heavy atom. The highest BCUT2D eigenvalue weighted by molar-refractivity contribution is 6.05. The van der Waals surface area contributed by atoms with Gasteiger partial charge in [-0.25, -0.2) is 4.79 Å². The van der Waals surface area contributed by atoms with Crippen molar-refractivity contribution in [3.05, 3.63) is 108 Å². The molecule has 0 heterocycles. The number of rotatable bonds is 7. The minimum atomic E-state index is -0.848. The molecule has 6 nitrogen and oxygen atoms in total. The van der Waals surface area contributed by atoms with Crippen molar-refractivity contribution in [3.8, 4) is 5.75 Å². The first-order valence-electron chi connectivity index (χ1n) is 10.8. The number of methoxy groups -OCH3 is 1. The Kier molecular flexibility index (Phi) is 6.98. The normalized spacial score (nSPS) is 11.9. The van der Waals surface area contributed by atoms with Gasteiger partial charge in [-0.1, -0.05) is 72.8 Å². The van der Waals surface area contributed by atoms with Crippen molar-refractivity contribution in [1.82, 2.24) is 5.32 Å². The molecular weight excluding hydrogens is 428 g/mol. The third-order valence-electron chi connectivity index (χ3n) is 5.50. The number of amides is 1. The van der Waals surface area contributed by atoms with E-state index in [1.165, 1.54) is 7.11 Å². The highest BCUT2D eigenvalue weighted by Crippen LogP contribution is 2.27. The van der Waals surface area contributed by atoms with E-state index in [-0.39, 0.29) is 5.75 Å². The topological polar surface area (TPSA) is 88.0 Å². The van der Waals surface area contributed by atoms with Crippen molar-refractivity contribution in [2.45, 2.75) is 12.5 Å². The van der Waals surface area contributed by atoms with E-state index in [2.05, 4.69) is 10.3 Å². The van der Waals surface area contributed by atoms with E-state index in [1.54, 1.807) is 36.5 Å². The summed E-state index contributed by atoms with van der Waals surface area (Å²) in [7, 11) is 1.29. The summed E-state index contributed by atoms with van der Waals surface area (Å²) < 4.78 is 4.90. The molecule has 34 heavy (non-hydrogen) atoms. The fraction of sp³-hybridized carbons (Fsp3) is 0.107. The van der Waals surface area contributed by atoms with E-state index in [1.807, 2.05) is 60.7 Å². The zero-order valence-corrected chi connectivity index (χ0v) is 18.6. The van der Waals surface area contributed by atoms with E-state index in [4.69, 9.17) is 4.74 Å². The SMILES string of the molecule is COC(=O)[C@H](Cc1ccccc1)NC(=O)c1ccccc1N=Cc1c(O)ccc2ccccc12. The number of hydrogen-bond acceptors (Lipinski definition) is 5. The Balaban J connectivity index is 1.61. The minimum Gasteiger partial charge on any atom is -0.507 e. The van der Waals surface area contributed by atoms with Gasteiger partial charge >= 0.3 is 5.97 Å². The summed E-state index contributed by atoms with van der Waals surface area (Å²) in [6.07, 6.45) is 1.85. The lowest BCUT2D eigenvalue weighted by Gasteiger charge is -2.17. The Morgan fingerprint density at radius 1 is 0.941 bits per heavy atom. The van der Waals surface area contributed by atoms with Gasteiger partial charge in [-0.15, -0.1) is 0 Å². The molecule has 0 spiro atoms. The second-order valence-corrected chi connectivity index (χ2v) is 7.73. The van der Waals surface area contributed by atoms with Crippen LogP contribution >= 0.6 is 0 Å². The number of carbonyl (C=O) groups is 2. The van der Waals surface area contributed by atoms with E-state index >= 15 is 0 Å². The highest BCUT2D eigenvalue weighted by atomic mass is 16.5. The standard InChI is InChI=1S/C28H24N2O4/c1-34-28(33)25(17-19-9-3-2-4-10-19)30-27(32)22-13-7-8-14-24(22)29-18-23-21-12-6-5-11-20(21)15-16-26(23)31/h2-16,18,25,31H,17H2,1H3,(H,30,32)/t25-/m0/s1. The summed E-state index contributed by atoms with van der Waals surface area (Å²) in [6.45, 7) is 0. The molecule has 0 unspecified atom stereocenters. The Morgan fingerprint density at radius 2 is 1.65 bits per heavy atom. The number of fused-ring (bicyclic) bond motifs is 1. The zero-order valence-electron chi connectivity index (χ0n) is 18.6. The van der Waals surface area contributed by atoms with Crippen molar-refractivity contribution in [2.24, 2.45) is 4.99 Å². The van der Waals surface area contributed by atoms with Gasteiger partial charge in [-0.05, 0) is 34.5 Å². The number of phenols is 1. The average molecular weight is 453 g/mol. The van der Waals surface area contributed by atoms with E-state index < -0.39 is 17.9 Å². The van der Waals surface area contributed by atoms with Gasteiger partial charge in [0.25, 0.3) is 5.91 Å². The van der Waals surface area contributed by atoms with Crippen molar-refractivity contribution < 1.29 is 19.4 Å². The van der Waals surface area contributed by atoms with E-state index in [9.17, 15) is 14.7 Å². The van der Waals surface area contributed by atoms with Crippen molar-refractivity contribution >= 4 is 34.6 Å². The summed E-state index contributed by atoms with van der Waals surface area (Å²) in [4.78, 5) is 30.0. The van der Waals surface area contributed by atoms with Crippen LogP contribution < -0.4 is 5.32 Å². The molecule has 0 fully saturated rings. The second-order valence-electron chi connectivity index (χ2n) is 7.73. The molecule has 0 bridgehead atoms. The van der Waals surface area contributed by atoms with Crippen molar-refractivity contribution in [3.63, 3.8) is 0 Å². The number of nitrogens with one attached hydrogen (secondary N) is 1. The molecule has 1 atom stereocenters. The minimum absolute atomic E-state index is 0.0954. The maximum atomic E-state index is 13.1.